The molecule has 0 spiro atoms. The standard InChI is InChI=1S/C23H36N4O7/c1-12-9-17-23(33)34-13(2)10-18(29)26-8-6-7-16(26)22(32)25(5)19(15(4)28)20(30)24-14(3)21(31)27(17)11-12/h12-17,19,28H,6-11H2,1-5H3,(H,24,30)/t12-,13+,14+,15-,16+,17+,19+/m1/s1. The molecule has 0 aromatic carbocycles. The largest absolute Gasteiger partial charge is 0.461 e. The van der Waals surface area contributed by atoms with Crippen LogP contribution in [0.3, 0.4) is 0 Å². The van der Waals surface area contributed by atoms with E-state index in [1.54, 1.807) is 6.92 Å². The summed E-state index contributed by atoms with van der Waals surface area (Å²) in [6.45, 7) is 7.16. The number of likely N-dealkylation sites (N-methyl/N-ethyl adjacent to an activating group) is 1. The van der Waals surface area contributed by atoms with Crippen LogP contribution in [0.15, 0.2) is 0 Å². The predicted octanol–water partition coefficient (Wildman–Crippen LogP) is -0.738. The molecule has 0 aliphatic carbocycles. The van der Waals surface area contributed by atoms with E-state index < -0.39 is 60.1 Å². The van der Waals surface area contributed by atoms with E-state index in [0.717, 1.165) is 4.90 Å². The third-order valence-corrected chi connectivity index (χ3v) is 6.92. The summed E-state index contributed by atoms with van der Waals surface area (Å²) in [5, 5.41) is 12.9. The quantitative estimate of drug-likeness (QED) is 0.472. The van der Waals surface area contributed by atoms with Crippen molar-refractivity contribution >= 4 is 29.6 Å². The van der Waals surface area contributed by atoms with Gasteiger partial charge in [-0.1, -0.05) is 6.92 Å². The molecule has 7 atom stereocenters. The molecular formula is C23H36N4O7. The molecule has 11 nitrogen and oxygen atoms in total. The summed E-state index contributed by atoms with van der Waals surface area (Å²) >= 11 is 0. The number of aliphatic hydroxyl groups excluding tert-OH is 1. The number of carbonyl (C=O) groups is 5. The fraction of sp³-hybridized carbons (Fsp3) is 0.783. The first-order valence-electron chi connectivity index (χ1n) is 12.0. The Kier molecular flexibility index (Phi) is 7.84. The SMILES string of the molecule is C[C@@H]1C[C@H]2C(=O)O[C@@H](C)CC(=O)N3CCC[C@H]3C(=O)N(C)[C@@H]([C@@H](C)O)C(=O)N[C@@H](C)C(=O)N2C1. The lowest BCUT2D eigenvalue weighted by atomic mass is 10.1. The van der Waals surface area contributed by atoms with E-state index in [-0.39, 0.29) is 18.2 Å². The third-order valence-electron chi connectivity index (χ3n) is 6.92. The number of rotatable bonds is 1. The summed E-state index contributed by atoms with van der Waals surface area (Å²) < 4.78 is 5.54. The van der Waals surface area contributed by atoms with Crippen LogP contribution in [-0.2, 0) is 28.7 Å². The zero-order chi connectivity index (χ0) is 25.3. The van der Waals surface area contributed by atoms with Gasteiger partial charge in [0.2, 0.25) is 23.6 Å². The van der Waals surface area contributed by atoms with Crippen molar-refractivity contribution in [3.63, 3.8) is 0 Å². The minimum Gasteiger partial charge on any atom is -0.461 e. The van der Waals surface area contributed by atoms with Crippen LogP contribution in [0.25, 0.3) is 0 Å². The van der Waals surface area contributed by atoms with Gasteiger partial charge in [0, 0.05) is 20.1 Å². The number of hydrogen-bond donors (Lipinski definition) is 2. The minimum atomic E-state index is -1.25. The van der Waals surface area contributed by atoms with E-state index in [4.69, 9.17) is 4.74 Å². The van der Waals surface area contributed by atoms with Gasteiger partial charge in [-0.05, 0) is 46.0 Å². The summed E-state index contributed by atoms with van der Waals surface area (Å²) in [7, 11) is 1.42. The second kappa shape index (κ2) is 10.3. The normalized spacial score (nSPS) is 35.1. The lowest BCUT2D eigenvalue weighted by molar-refractivity contribution is -0.160. The minimum absolute atomic E-state index is 0.0581. The first-order chi connectivity index (χ1) is 15.9. The van der Waals surface area contributed by atoms with Crippen molar-refractivity contribution in [2.75, 3.05) is 20.1 Å². The van der Waals surface area contributed by atoms with Crippen LogP contribution in [0.1, 0.15) is 53.4 Å². The Balaban J connectivity index is 1.95. The molecule has 0 saturated carbocycles. The lowest BCUT2D eigenvalue weighted by Crippen LogP contribution is -2.60. The summed E-state index contributed by atoms with van der Waals surface area (Å²) in [6.07, 6.45) is -0.552. The molecule has 3 saturated heterocycles. The lowest BCUT2D eigenvalue weighted by Gasteiger charge is -2.35. The van der Waals surface area contributed by atoms with E-state index >= 15 is 0 Å². The molecule has 190 valence electrons. The summed E-state index contributed by atoms with van der Waals surface area (Å²) in [5.74, 6) is -2.44. The Morgan fingerprint density at radius 1 is 1.03 bits per heavy atom. The van der Waals surface area contributed by atoms with Crippen molar-refractivity contribution in [1.29, 1.82) is 0 Å². The van der Waals surface area contributed by atoms with Crippen molar-refractivity contribution in [2.24, 2.45) is 5.92 Å². The highest BCUT2D eigenvalue weighted by Crippen LogP contribution is 2.27. The highest BCUT2D eigenvalue weighted by atomic mass is 16.5. The van der Waals surface area contributed by atoms with Crippen LogP contribution < -0.4 is 5.32 Å². The monoisotopic (exact) mass is 480 g/mol. The first kappa shape index (κ1) is 25.9. The van der Waals surface area contributed by atoms with Crippen LogP contribution >= 0.6 is 0 Å². The Hall–Kier alpha value is -2.69. The van der Waals surface area contributed by atoms with Crippen LogP contribution in [0.4, 0.5) is 0 Å². The van der Waals surface area contributed by atoms with Gasteiger partial charge in [-0.25, -0.2) is 4.79 Å². The highest BCUT2D eigenvalue weighted by molar-refractivity contribution is 5.95. The number of cyclic esters (lactones) is 1. The smallest absolute Gasteiger partial charge is 0.329 e. The van der Waals surface area contributed by atoms with Crippen LogP contribution in [-0.4, -0.2) is 106 Å². The molecule has 2 N–H and O–H groups in total. The average molecular weight is 481 g/mol. The van der Waals surface area contributed by atoms with Gasteiger partial charge in [-0.3, -0.25) is 19.2 Å². The third kappa shape index (κ3) is 5.18. The Labute approximate surface area is 199 Å². The number of hydrogen-bond acceptors (Lipinski definition) is 7. The number of nitrogens with zero attached hydrogens (tertiary/aromatic N) is 3. The van der Waals surface area contributed by atoms with Gasteiger partial charge in [-0.15, -0.1) is 0 Å². The number of esters is 1. The van der Waals surface area contributed by atoms with Gasteiger partial charge in [0.05, 0.1) is 12.5 Å². The van der Waals surface area contributed by atoms with E-state index in [9.17, 15) is 29.1 Å². The fourth-order valence-electron chi connectivity index (χ4n) is 5.22. The summed E-state index contributed by atoms with van der Waals surface area (Å²) in [5.41, 5.74) is 0. The number of carbonyl (C=O) groups excluding carboxylic acids is 5. The molecule has 4 amide bonds. The number of amides is 4. The van der Waals surface area contributed by atoms with Crippen LogP contribution in [0.5, 0.6) is 0 Å². The van der Waals surface area contributed by atoms with Crippen LogP contribution in [0.2, 0.25) is 0 Å². The van der Waals surface area contributed by atoms with E-state index in [1.807, 2.05) is 6.92 Å². The molecule has 0 aromatic heterocycles. The zero-order valence-corrected chi connectivity index (χ0v) is 20.5. The molecule has 34 heavy (non-hydrogen) atoms. The fourth-order valence-corrected chi connectivity index (χ4v) is 5.22. The molecule has 3 heterocycles. The van der Waals surface area contributed by atoms with E-state index in [1.165, 1.54) is 30.7 Å². The van der Waals surface area contributed by atoms with Crippen molar-refractivity contribution in [3.8, 4) is 0 Å². The summed E-state index contributed by atoms with van der Waals surface area (Å²) in [4.78, 5) is 69.4. The van der Waals surface area contributed by atoms with Gasteiger partial charge >= 0.3 is 5.97 Å². The second-order valence-electron chi connectivity index (χ2n) is 9.91. The van der Waals surface area contributed by atoms with E-state index in [0.29, 0.717) is 32.4 Å². The molecule has 3 aliphatic rings. The van der Waals surface area contributed by atoms with Gasteiger partial charge < -0.3 is 29.9 Å². The maximum absolute atomic E-state index is 13.3. The molecule has 3 aliphatic heterocycles. The molecular weight excluding hydrogens is 444 g/mol. The van der Waals surface area contributed by atoms with Gasteiger partial charge in [0.1, 0.15) is 30.3 Å². The van der Waals surface area contributed by atoms with Crippen molar-refractivity contribution in [3.05, 3.63) is 0 Å². The molecule has 11 heteroatoms. The van der Waals surface area contributed by atoms with Gasteiger partial charge in [-0.2, -0.15) is 0 Å². The van der Waals surface area contributed by atoms with Gasteiger partial charge in [0.15, 0.2) is 0 Å². The summed E-state index contributed by atoms with van der Waals surface area (Å²) in [6, 6.07) is -3.80. The number of ether oxygens (including phenoxy) is 1. The molecule has 0 unspecified atom stereocenters. The molecule has 3 fully saturated rings. The number of nitrogens with one attached hydrogen (secondary N) is 1. The first-order valence-corrected chi connectivity index (χ1v) is 12.0. The predicted molar refractivity (Wildman–Crippen MR) is 120 cm³/mol. The topological polar surface area (TPSA) is 137 Å². The van der Waals surface area contributed by atoms with Crippen molar-refractivity contribution in [2.45, 2.75) is 89.8 Å². The number of aliphatic hydroxyl groups is 1. The Morgan fingerprint density at radius 3 is 2.35 bits per heavy atom. The van der Waals surface area contributed by atoms with Crippen molar-refractivity contribution in [1.82, 2.24) is 20.0 Å². The highest BCUT2D eigenvalue weighted by Gasteiger charge is 2.44. The maximum Gasteiger partial charge on any atom is 0.329 e. The zero-order valence-electron chi connectivity index (χ0n) is 20.5. The second-order valence-corrected chi connectivity index (χ2v) is 9.91. The van der Waals surface area contributed by atoms with Gasteiger partial charge in [0.25, 0.3) is 0 Å². The van der Waals surface area contributed by atoms with E-state index in [2.05, 4.69) is 5.32 Å². The molecule has 0 aromatic rings. The molecule has 3 rings (SSSR count). The number of fused-ring (bicyclic) bond motifs is 2. The Morgan fingerprint density at radius 2 is 1.71 bits per heavy atom. The van der Waals surface area contributed by atoms with Crippen LogP contribution in [0, 0.1) is 5.92 Å². The average Bonchev–Trinajstić information content (AvgIpc) is 3.38. The molecule has 0 radical (unpaired) electrons. The Bertz CT molecular complexity index is 847. The molecule has 0 bridgehead atoms. The maximum atomic E-state index is 13.3. The van der Waals surface area contributed by atoms with Crippen molar-refractivity contribution < 1.29 is 33.8 Å².